The first-order valence-corrected chi connectivity index (χ1v) is 6.48. The molecular weight excluding hydrogens is 297 g/mol. The minimum Gasteiger partial charge on any atom is -0.389 e. The summed E-state index contributed by atoms with van der Waals surface area (Å²) in [5.74, 6) is 0. The number of nitrogens with one attached hydrogen (secondary N) is 1. The number of rotatable bonds is 6. The molecule has 0 fully saturated rings. The number of hydrogen-bond donors (Lipinski definition) is 2. The van der Waals surface area contributed by atoms with Crippen LogP contribution < -0.4 is 11.1 Å². The van der Waals surface area contributed by atoms with E-state index in [9.17, 15) is 13.2 Å². The van der Waals surface area contributed by atoms with Crippen molar-refractivity contribution in [3.8, 4) is 0 Å². The number of thiocarbonyl (C=S) groups is 1. The summed E-state index contributed by atoms with van der Waals surface area (Å²) in [5, 5.41) is 3.51. The summed E-state index contributed by atoms with van der Waals surface area (Å²) < 4.78 is 35.9. The van der Waals surface area contributed by atoms with Crippen molar-refractivity contribution in [2.45, 2.75) is 25.4 Å². The maximum absolute atomic E-state index is 12.0. The molecule has 0 amide bonds. The lowest BCUT2D eigenvalue weighted by Gasteiger charge is -2.12. The molecule has 1 aromatic carbocycles. The summed E-state index contributed by atoms with van der Waals surface area (Å²) in [5.41, 5.74) is 6.83. The molecule has 0 radical (unpaired) electrons. The number of benzene rings is 1. The van der Waals surface area contributed by atoms with Crippen molar-refractivity contribution in [1.82, 2.24) is 0 Å². The maximum Gasteiger partial charge on any atom is 0.389 e. The molecule has 0 aliphatic carbocycles. The largest absolute Gasteiger partial charge is 0.389 e. The smallest absolute Gasteiger partial charge is 0.389 e. The Morgan fingerprint density at radius 2 is 2.00 bits per heavy atom. The van der Waals surface area contributed by atoms with Crippen LogP contribution in [0.15, 0.2) is 18.2 Å². The summed E-state index contributed by atoms with van der Waals surface area (Å²) in [7, 11) is 0. The monoisotopic (exact) mass is 310 g/mol. The van der Waals surface area contributed by atoms with Crippen LogP contribution in [-0.4, -0.2) is 17.7 Å². The van der Waals surface area contributed by atoms with Crippen molar-refractivity contribution in [2.24, 2.45) is 5.73 Å². The number of halogens is 4. The van der Waals surface area contributed by atoms with Gasteiger partial charge >= 0.3 is 6.18 Å². The average Bonchev–Trinajstić information content (AvgIpc) is 2.26. The van der Waals surface area contributed by atoms with Gasteiger partial charge in [0.25, 0.3) is 0 Å². The van der Waals surface area contributed by atoms with E-state index in [1.165, 1.54) is 0 Å². The number of hydrogen-bond acceptors (Lipinski definition) is 2. The van der Waals surface area contributed by atoms with Gasteiger partial charge in [-0.1, -0.05) is 23.8 Å². The summed E-state index contributed by atoms with van der Waals surface area (Å²) in [6.45, 7) is 0.409. The summed E-state index contributed by atoms with van der Waals surface area (Å²) >= 11 is 10.7. The van der Waals surface area contributed by atoms with E-state index in [0.717, 1.165) is 0 Å². The molecule has 0 saturated heterocycles. The van der Waals surface area contributed by atoms with Gasteiger partial charge in [0.1, 0.15) is 4.99 Å². The van der Waals surface area contributed by atoms with Crippen molar-refractivity contribution in [3.63, 3.8) is 0 Å². The van der Waals surface area contributed by atoms with Gasteiger partial charge in [-0.25, -0.2) is 0 Å². The third-order valence-corrected chi connectivity index (χ3v) is 2.90. The van der Waals surface area contributed by atoms with Crippen LogP contribution in [0, 0.1) is 0 Å². The fourth-order valence-electron chi connectivity index (χ4n) is 1.55. The molecule has 106 valence electrons. The third kappa shape index (κ3) is 6.11. The Bertz CT molecular complexity index is 449. The van der Waals surface area contributed by atoms with Gasteiger partial charge in [-0.3, -0.25) is 0 Å². The first kappa shape index (κ1) is 16.0. The molecule has 0 aliphatic heterocycles. The molecule has 0 saturated carbocycles. The highest BCUT2D eigenvalue weighted by atomic mass is 35.5. The Hall–Kier alpha value is -1.01. The molecule has 0 atom stereocenters. The van der Waals surface area contributed by atoms with Gasteiger partial charge < -0.3 is 11.1 Å². The number of nitrogens with two attached hydrogens (primary N) is 1. The Morgan fingerprint density at radius 3 is 2.58 bits per heavy atom. The first-order valence-electron chi connectivity index (χ1n) is 5.69. The second-order valence-electron chi connectivity index (χ2n) is 4.05. The van der Waals surface area contributed by atoms with Gasteiger partial charge in [0.15, 0.2) is 0 Å². The molecule has 1 aromatic rings. The van der Waals surface area contributed by atoms with Gasteiger partial charge in [-0.2, -0.15) is 13.2 Å². The van der Waals surface area contributed by atoms with E-state index in [1.54, 1.807) is 18.2 Å². The van der Waals surface area contributed by atoms with E-state index in [0.29, 0.717) is 29.2 Å². The fraction of sp³-hybridized carbons (Fsp3) is 0.417. The SMILES string of the molecule is NC(=S)c1ccc(Cl)cc1NCCCCC(F)(F)F. The van der Waals surface area contributed by atoms with E-state index in [-0.39, 0.29) is 11.4 Å². The second-order valence-corrected chi connectivity index (χ2v) is 4.93. The molecule has 0 aliphatic rings. The van der Waals surface area contributed by atoms with Crippen molar-refractivity contribution in [1.29, 1.82) is 0 Å². The van der Waals surface area contributed by atoms with E-state index >= 15 is 0 Å². The lowest BCUT2D eigenvalue weighted by Crippen LogP contribution is -2.14. The highest BCUT2D eigenvalue weighted by Gasteiger charge is 2.25. The zero-order valence-electron chi connectivity index (χ0n) is 10.1. The fourth-order valence-corrected chi connectivity index (χ4v) is 1.90. The predicted octanol–water partition coefficient (Wildman–Crippen LogP) is 4.12. The van der Waals surface area contributed by atoms with Gasteiger partial charge in [0.05, 0.1) is 0 Å². The average molecular weight is 311 g/mol. The summed E-state index contributed by atoms with van der Waals surface area (Å²) in [6.07, 6.45) is -4.38. The molecule has 1 rings (SSSR count). The number of anilines is 1. The van der Waals surface area contributed by atoms with Crippen LogP contribution in [0.4, 0.5) is 18.9 Å². The van der Waals surface area contributed by atoms with Gasteiger partial charge in [-0.15, -0.1) is 0 Å². The van der Waals surface area contributed by atoms with Crippen LogP contribution in [0.1, 0.15) is 24.8 Å². The van der Waals surface area contributed by atoms with Crippen molar-refractivity contribution in [3.05, 3.63) is 28.8 Å². The van der Waals surface area contributed by atoms with Crippen LogP contribution in [0.25, 0.3) is 0 Å². The van der Waals surface area contributed by atoms with Gasteiger partial charge in [-0.05, 0) is 31.0 Å². The van der Waals surface area contributed by atoms with Crippen molar-refractivity contribution >= 4 is 34.5 Å². The van der Waals surface area contributed by atoms with Crippen LogP contribution in [0.5, 0.6) is 0 Å². The minimum absolute atomic E-state index is 0.0828. The molecule has 2 nitrogen and oxygen atoms in total. The summed E-state index contributed by atoms with van der Waals surface area (Å²) in [4.78, 5) is 0.217. The standard InChI is InChI=1S/C12H14ClF3N2S/c13-8-3-4-9(11(17)19)10(7-8)18-6-2-1-5-12(14,15)16/h3-4,7,18H,1-2,5-6H2,(H2,17,19). The van der Waals surface area contributed by atoms with E-state index in [4.69, 9.17) is 29.6 Å². The molecular formula is C12H14ClF3N2S. The molecule has 19 heavy (non-hydrogen) atoms. The molecule has 0 unspecified atom stereocenters. The maximum atomic E-state index is 12.0. The quantitative estimate of drug-likeness (QED) is 0.613. The van der Waals surface area contributed by atoms with E-state index in [2.05, 4.69) is 5.32 Å². The van der Waals surface area contributed by atoms with E-state index < -0.39 is 12.6 Å². The lowest BCUT2D eigenvalue weighted by molar-refractivity contribution is -0.135. The minimum atomic E-state index is -4.10. The van der Waals surface area contributed by atoms with Crippen LogP contribution in [0.2, 0.25) is 5.02 Å². The Kier molecular flexibility index (Phi) is 5.87. The first-order chi connectivity index (χ1) is 8.79. The highest BCUT2D eigenvalue weighted by Crippen LogP contribution is 2.23. The number of alkyl halides is 3. The highest BCUT2D eigenvalue weighted by molar-refractivity contribution is 7.80. The lowest BCUT2D eigenvalue weighted by atomic mass is 10.1. The van der Waals surface area contributed by atoms with E-state index in [1.807, 2.05) is 0 Å². The Balaban J connectivity index is 2.49. The Morgan fingerprint density at radius 1 is 1.32 bits per heavy atom. The Labute approximate surface area is 120 Å². The third-order valence-electron chi connectivity index (χ3n) is 2.45. The van der Waals surface area contributed by atoms with Gasteiger partial charge in [0, 0.05) is 29.2 Å². The van der Waals surface area contributed by atoms with Crippen LogP contribution in [-0.2, 0) is 0 Å². The summed E-state index contributed by atoms with van der Waals surface area (Å²) in [6, 6.07) is 4.99. The topological polar surface area (TPSA) is 38.0 Å². The predicted molar refractivity (Wildman–Crippen MR) is 75.7 cm³/mol. The normalized spacial score (nSPS) is 11.4. The number of unbranched alkanes of at least 4 members (excludes halogenated alkanes) is 1. The zero-order valence-corrected chi connectivity index (χ0v) is 11.6. The molecule has 0 bridgehead atoms. The zero-order chi connectivity index (χ0) is 14.5. The van der Waals surface area contributed by atoms with Crippen LogP contribution >= 0.6 is 23.8 Å². The van der Waals surface area contributed by atoms with Crippen molar-refractivity contribution in [2.75, 3.05) is 11.9 Å². The second kappa shape index (κ2) is 6.96. The molecule has 7 heteroatoms. The molecule has 0 aromatic heterocycles. The van der Waals surface area contributed by atoms with Gasteiger partial charge in [0.2, 0.25) is 0 Å². The van der Waals surface area contributed by atoms with Crippen LogP contribution in [0.3, 0.4) is 0 Å². The van der Waals surface area contributed by atoms with Crippen molar-refractivity contribution < 1.29 is 13.2 Å². The molecule has 0 spiro atoms. The molecule has 3 N–H and O–H groups in total. The molecule has 0 heterocycles.